The molecule has 1 aliphatic rings. The zero-order chi connectivity index (χ0) is 13.1. The summed E-state index contributed by atoms with van der Waals surface area (Å²) in [5, 5.41) is 3.49. The van der Waals surface area contributed by atoms with Gasteiger partial charge in [0.2, 0.25) is 0 Å². The molecule has 100 valence electrons. The normalized spacial score (nSPS) is 15.2. The van der Waals surface area contributed by atoms with Gasteiger partial charge < -0.3 is 10.2 Å². The summed E-state index contributed by atoms with van der Waals surface area (Å²) in [6.45, 7) is 8.55. The van der Waals surface area contributed by atoms with Gasteiger partial charge in [-0.05, 0) is 49.9 Å². The van der Waals surface area contributed by atoms with E-state index >= 15 is 0 Å². The summed E-state index contributed by atoms with van der Waals surface area (Å²) < 4.78 is 0. The Kier molecular flexibility index (Phi) is 4.23. The fraction of sp³-hybridized carbons (Fsp3) is 0.667. The Bertz CT molecular complexity index is 397. The van der Waals surface area contributed by atoms with Gasteiger partial charge in [-0.2, -0.15) is 0 Å². The van der Waals surface area contributed by atoms with E-state index in [1.165, 1.54) is 18.4 Å². The van der Waals surface area contributed by atoms with Crippen LogP contribution in [0.25, 0.3) is 0 Å². The molecule has 0 radical (unpaired) electrons. The van der Waals surface area contributed by atoms with Crippen LogP contribution in [0, 0.1) is 12.8 Å². The minimum atomic E-state index is 0.696. The Balaban J connectivity index is 2.01. The van der Waals surface area contributed by atoms with E-state index in [1.807, 2.05) is 0 Å². The first-order valence-electron chi connectivity index (χ1n) is 6.97. The van der Waals surface area contributed by atoms with Crippen LogP contribution in [0.5, 0.6) is 0 Å². The predicted molar refractivity (Wildman–Crippen MR) is 76.9 cm³/mol. The van der Waals surface area contributed by atoms with Gasteiger partial charge in [-0.3, -0.25) is 0 Å². The van der Waals surface area contributed by atoms with E-state index in [1.54, 1.807) is 0 Å². The lowest BCUT2D eigenvalue weighted by atomic mass is 10.2. The maximum Gasteiger partial charge on any atom is 0.129 e. The molecular formula is C15H25N3. The first-order valence-corrected chi connectivity index (χ1v) is 6.97. The molecule has 0 bridgehead atoms. The molecule has 1 aliphatic carbocycles. The molecule has 1 fully saturated rings. The van der Waals surface area contributed by atoms with E-state index in [2.05, 4.69) is 55.2 Å². The quantitative estimate of drug-likeness (QED) is 0.838. The fourth-order valence-electron chi connectivity index (χ4n) is 2.16. The largest absolute Gasteiger partial charge is 0.357 e. The zero-order valence-electron chi connectivity index (χ0n) is 12.0. The van der Waals surface area contributed by atoms with E-state index in [4.69, 9.17) is 0 Å². The third kappa shape index (κ3) is 3.70. The van der Waals surface area contributed by atoms with Gasteiger partial charge in [0, 0.05) is 25.3 Å². The molecule has 0 spiro atoms. The minimum absolute atomic E-state index is 0.696. The van der Waals surface area contributed by atoms with Crippen LogP contribution in [0.4, 0.5) is 5.82 Å². The second-order valence-corrected chi connectivity index (χ2v) is 5.84. The van der Waals surface area contributed by atoms with Crippen molar-refractivity contribution in [3.63, 3.8) is 0 Å². The first kappa shape index (κ1) is 13.3. The molecule has 0 amide bonds. The average molecular weight is 247 g/mol. The van der Waals surface area contributed by atoms with Gasteiger partial charge in [0.1, 0.15) is 5.82 Å². The molecule has 0 saturated heterocycles. The topological polar surface area (TPSA) is 28.2 Å². The summed E-state index contributed by atoms with van der Waals surface area (Å²) in [4.78, 5) is 6.95. The summed E-state index contributed by atoms with van der Waals surface area (Å²) >= 11 is 0. The summed E-state index contributed by atoms with van der Waals surface area (Å²) in [5.74, 6) is 1.82. The molecular weight excluding hydrogens is 222 g/mol. The van der Waals surface area contributed by atoms with Crippen LogP contribution in [-0.2, 0) is 6.54 Å². The van der Waals surface area contributed by atoms with Crippen LogP contribution in [0.1, 0.15) is 37.9 Å². The van der Waals surface area contributed by atoms with Gasteiger partial charge in [0.15, 0.2) is 0 Å². The SMILES string of the molecule is Cc1cc(CNCC(C)C)cc(N(C)C2CC2)n1. The molecule has 0 unspecified atom stereocenters. The van der Waals surface area contributed by atoms with Crippen molar-refractivity contribution in [1.82, 2.24) is 10.3 Å². The lowest BCUT2D eigenvalue weighted by Gasteiger charge is -2.19. The average Bonchev–Trinajstić information content (AvgIpc) is 3.10. The number of aromatic nitrogens is 1. The maximum atomic E-state index is 4.64. The van der Waals surface area contributed by atoms with Gasteiger partial charge in [-0.1, -0.05) is 13.8 Å². The van der Waals surface area contributed by atoms with Crippen molar-refractivity contribution in [2.24, 2.45) is 5.92 Å². The van der Waals surface area contributed by atoms with Gasteiger partial charge in [-0.15, -0.1) is 0 Å². The van der Waals surface area contributed by atoms with Gasteiger partial charge in [0.25, 0.3) is 0 Å². The van der Waals surface area contributed by atoms with E-state index in [0.29, 0.717) is 5.92 Å². The monoisotopic (exact) mass is 247 g/mol. The molecule has 3 nitrogen and oxygen atoms in total. The Morgan fingerprint density at radius 2 is 2.11 bits per heavy atom. The number of pyridine rings is 1. The van der Waals surface area contributed by atoms with Crippen LogP contribution < -0.4 is 10.2 Å². The van der Waals surface area contributed by atoms with Crippen LogP contribution in [0.2, 0.25) is 0 Å². The van der Waals surface area contributed by atoms with Gasteiger partial charge in [-0.25, -0.2) is 4.98 Å². The predicted octanol–water partition coefficient (Wildman–Crippen LogP) is 2.73. The zero-order valence-corrected chi connectivity index (χ0v) is 12.0. The molecule has 1 N–H and O–H groups in total. The number of hydrogen-bond donors (Lipinski definition) is 1. The molecule has 0 aliphatic heterocycles. The summed E-state index contributed by atoms with van der Waals surface area (Å²) in [6.07, 6.45) is 2.63. The third-order valence-electron chi connectivity index (χ3n) is 3.34. The highest BCUT2D eigenvalue weighted by molar-refractivity contribution is 5.44. The molecule has 18 heavy (non-hydrogen) atoms. The van der Waals surface area contributed by atoms with E-state index in [-0.39, 0.29) is 0 Å². The van der Waals surface area contributed by atoms with E-state index in [9.17, 15) is 0 Å². The van der Waals surface area contributed by atoms with Crippen molar-refractivity contribution < 1.29 is 0 Å². The second-order valence-electron chi connectivity index (χ2n) is 5.84. The van der Waals surface area contributed by atoms with Gasteiger partial charge >= 0.3 is 0 Å². The summed E-state index contributed by atoms with van der Waals surface area (Å²) in [6, 6.07) is 5.12. The van der Waals surface area contributed by atoms with Crippen molar-refractivity contribution in [3.05, 3.63) is 23.4 Å². The Morgan fingerprint density at radius 1 is 1.39 bits per heavy atom. The number of nitrogens with zero attached hydrogens (tertiary/aromatic N) is 2. The molecule has 1 heterocycles. The highest BCUT2D eigenvalue weighted by atomic mass is 15.2. The van der Waals surface area contributed by atoms with E-state index < -0.39 is 0 Å². The highest BCUT2D eigenvalue weighted by Crippen LogP contribution is 2.29. The van der Waals surface area contributed by atoms with Crippen LogP contribution in [0.3, 0.4) is 0 Å². The minimum Gasteiger partial charge on any atom is -0.357 e. The molecule has 0 atom stereocenters. The van der Waals surface area contributed by atoms with Gasteiger partial charge in [0.05, 0.1) is 0 Å². The maximum absolute atomic E-state index is 4.64. The number of anilines is 1. The highest BCUT2D eigenvalue weighted by Gasteiger charge is 2.27. The summed E-state index contributed by atoms with van der Waals surface area (Å²) in [7, 11) is 2.16. The molecule has 1 aromatic heterocycles. The van der Waals surface area contributed by atoms with Crippen molar-refractivity contribution in [1.29, 1.82) is 0 Å². The Labute approximate surface area is 111 Å². The molecule has 1 saturated carbocycles. The van der Waals surface area contributed by atoms with Crippen molar-refractivity contribution in [2.75, 3.05) is 18.5 Å². The molecule has 3 heteroatoms. The number of aryl methyl sites for hydroxylation is 1. The number of hydrogen-bond acceptors (Lipinski definition) is 3. The lowest BCUT2D eigenvalue weighted by molar-refractivity contribution is 0.552. The summed E-state index contributed by atoms with van der Waals surface area (Å²) in [5.41, 5.74) is 2.45. The first-order chi connectivity index (χ1) is 8.56. The second kappa shape index (κ2) is 5.70. The standard InChI is InChI=1S/C15H25N3/c1-11(2)9-16-10-13-7-12(3)17-15(8-13)18(4)14-5-6-14/h7-8,11,14,16H,5-6,9-10H2,1-4H3. The Hall–Kier alpha value is -1.09. The lowest BCUT2D eigenvalue weighted by Crippen LogP contribution is -2.22. The molecule has 1 aromatic rings. The smallest absolute Gasteiger partial charge is 0.129 e. The van der Waals surface area contributed by atoms with E-state index in [0.717, 1.165) is 30.6 Å². The van der Waals surface area contributed by atoms with Crippen molar-refractivity contribution in [2.45, 2.75) is 46.2 Å². The third-order valence-corrected chi connectivity index (χ3v) is 3.34. The van der Waals surface area contributed by atoms with Crippen molar-refractivity contribution in [3.8, 4) is 0 Å². The Morgan fingerprint density at radius 3 is 2.72 bits per heavy atom. The molecule has 0 aromatic carbocycles. The molecule has 2 rings (SSSR count). The number of nitrogens with one attached hydrogen (secondary N) is 1. The number of rotatable bonds is 6. The fourth-order valence-corrected chi connectivity index (χ4v) is 2.16. The van der Waals surface area contributed by atoms with Crippen LogP contribution in [0.15, 0.2) is 12.1 Å². The van der Waals surface area contributed by atoms with Crippen molar-refractivity contribution >= 4 is 5.82 Å². The van der Waals surface area contributed by atoms with Crippen LogP contribution >= 0.6 is 0 Å². The van der Waals surface area contributed by atoms with Crippen LogP contribution in [-0.4, -0.2) is 24.6 Å².